The molecular formula is C30H59NaO9S. The Labute approximate surface area is 272 Å². The molecule has 0 aliphatic heterocycles. The van der Waals surface area contributed by atoms with Gasteiger partial charge in [-0.3, -0.25) is 18.9 Å². The third-order valence-electron chi connectivity index (χ3n) is 7.00. The van der Waals surface area contributed by atoms with E-state index in [0.29, 0.717) is 6.42 Å². The van der Waals surface area contributed by atoms with Gasteiger partial charge in [0.25, 0.3) is 10.1 Å². The van der Waals surface area contributed by atoms with Crippen molar-refractivity contribution in [3.63, 3.8) is 0 Å². The maximum absolute atomic E-state index is 12.2. The number of esters is 2. The predicted molar refractivity (Wildman–Crippen MR) is 166 cm³/mol. The van der Waals surface area contributed by atoms with Gasteiger partial charge in [0.05, 0.1) is 19.6 Å². The molecule has 0 bridgehead atoms. The number of hydrogen-bond acceptors (Lipinski definition) is 7. The molecule has 41 heavy (non-hydrogen) atoms. The van der Waals surface area contributed by atoms with Crippen LogP contribution < -0.4 is 0 Å². The van der Waals surface area contributed by atoms with Crippen LogP contribution in [-0.4, -0.2) is 84.0 Å². The van der Waals surface area contributed by atoms with Gasteiger partial charge < -0.3 is 14.6 Å². The molecule has 3 atom stereocenters. The van der Waals surface area contributed by atoms with Crippen molar-refractivity contribution < 1.29 is 41.9 Å². The average Bonchev–Trinajstić information content (AvgIpc) is 2.90. The van der Waals surface area contributed by atoms with Crippen LogP contribution in [0.1, 0.15) is 144 Å². The van der Waals surface area contributed by atoms with Gasteiger partial charge in [-0.15, -0.1) is 0 Å². The molecular weight excluding hydrogens is 559 g/mol. The van der Waals surface area contributed by atoms with E-state index in [0.717, 1.165) is 64.2 Å². The summed E-state index contributed by atoms with van der Waals surface area (Å²) < 4.78 is 42.8. The van der Waals surface area contributed by atoms with Crippen LogP contribution in [0.2, 0.25) is 0 Å². The van der Waals surface area contributed by atoms with Crippen molar-refractivity contribution in [1.82, 2.24) is 0 Å². The van der Waals surface area contributed by atoms with Crippen LogP contribution in [0.25, 0.3) is 0 Å². The minimum absolute atomic E-state index is 0. The topological polar surface area (TPSA) is 144 Å². The summed E-state index contributed by atoms with van der Waals surface area (Å²) in [5, 5.41) is 6.41. The Bertz CT molecular complexity index is 759. The third kappa shape index (κ3) is 27.9. The molecule has 0 aliphatic rings. The van der Waals surface area contributed by atoms with Crippen LogP contribution in [0.4, 0.5) is 0 Å². The number of carboxylic acids is 1. The molecule has 0 radical (unpaired) electrons. The number of carbonyl (C=O) groups is 3. The Balaban J connectivity index is -0.000000933. The number of aliphatic carboxylic acids is 1. The number of unbranched alkanes of at least 4 members (excludes halogenated alkanes) is 8. The molecule has 0 aromatic rings. The summed E-state index contributed by atoms with van der Waals surface area (Å²) in [7, 11) is -4.76. The third-order valence-corrected chi connectivity index (χ3v) is 8.07. The van der Waals surface area contributed by atoms with Gasteiger partial charge in [-0.25, -0.2) is 0 Å². The molecule has 0 fully saturated rings. The molecule has 3 unspecified atom stereocenters. The summed E-state index contributed by atoms with van der Waals surface area (Å²) in [4.78, 5) is 34.3. The summed E-state index contributed by atoms with van der Waals surface area (Å²) in [5.74, 6) is -2.27. The first kappa shape index (κ1) is 44.8. The molecule has 9 nitrogen and oxygen atoms in total. The van der Waals surface area contributed by atoms with Crippen LogP contribution in [0.3, 0.4) is 0 Å². The molecule has 0 heterocycles. The van der Waals surface area contributed by atoms with E-state index in [1.807, 2.05) is 13.8 Å². The van der Waals surface area contributed by atoms with Crippen molar-refractivity contribution in [2.24, 2.45) is 11.8 Å². The predicted octanol–water partition coefficient (Wildman–Crippen LogP) is 6.72. The van der Waals surface area contributed by atoms with Crippen molar-refractivity contribution in [1.29, 1.82) is 0 Å². The number of hydrogen-bond donors (Lipinski definition) is 2. The Morgan fingerprint density at radius 2 is 1.12 bits per heavy atom. The second kappa shape index (κ2) is 29.4. The van der Waals surface area contributed by atoms with Crippen molar-refractivity contribution >= 4 is 57.6 Å². The standard InChI is InChI=1S/C20H38O7S.C10H20O2.Na.H/c1-5-9-11-16(7-3)14-26-19(21)13-18(28(23,24)25)20(22)27-15-17(8-4)12-10-6-2;1-2-3-4-5-6-7-8-9-10(11)12;;/h16-18H,5-15H2,1-4H3,(H,23,24,25);2-9H2,1H3,(H,11,12);;. The fourth-order valence-electron chi connectivity index (χ4n) is 4.05. The zero-order chi connectivity index (χ0) is 30.8. The number of carboxylic acid groups (broad SMARTS) is 1. The van der Waals surface area contributed by atoms with Crippen LogP contribution in [0, 0.1) is 11.8 Å². The summed E-state index contributed by atoms with van der Waals surface area (Å²) in [5.41, 5.74) is 0. The number of carbonyl (C=O) groups excluding carboxylic acids is 2. The molecule has 0 rings (SSSR count). The minimum atomic E-state index is -4.76. The Morgan fingerprint density at radius 3 is 1.54 bits per heavy atom. The van der Waals surface area contributed by atoms with E-state index in [1.165, 1.54) is 32.1 Å². The zero-order valence-electron chi connectivity index (χ0n) is 25.8. The van der Waals surface area contributed by atoms with E-state index in [9.17, 15) is 27.4 Å². The molecule has 0 saturated heterocycles. The van der Waals surface area contributed by atoms with Gasteiger partial charge in [0.15, 0.2) is 5.25 Å². The van der Waals surface area contributed by atoms with Crippen molar-refractivity contribution in [2.45, 2.75) is 149 Å². The van der Waals surface area contributed by atoms with E-state index in [1.54, 1.807) is 0 Å². The van der Waals surface area contributed by atoms with E-state index >= 15 is 0 Å². The SMILES string of the molecule is CCCCC(CC)COC(=O)CC(C(=O)OCC(CC)CCCC)S(=O)(=O)O.CCCCCCCCCC(=O)O.[NaH]. The zero-order valence-corrected chi connectivity index (χ0v) is 26.6. The Kier molecular flexibility index (Phi) is 32.1. The van der Waals surface area contributed by atoms with Gasteiger partial charge >= 0.3 is 47.5 Å². The summed E-state index contributed by atoms with van der Waals surface area (Å²) in [6, 6.07) is 0. The molecule has 2 N–H and O–H groups in total. The molecule has 240 valence electrons. The molecule has 0 aliphatic carbocycles. The fraction of sp³-hybridized carbons (Fsp3) is 0.900. The first-order chi connectivity index (χ1) is 19.0. The second-order valence-electron chi connectivity index (χ2n) is 10.6. The van der Waals surface area contributed by atoms with Gasteiger partial charge in [-0.1, -0.05) is 112 Å². The van der Waals surface area contributed by atoms with Crippen molar-refractivity contribution in [3.8, 4) is 0 Å². The first-order valence-corrected chi connectivity index (χ1v) is 17.0. The van der Waals surface area contributed by atoms with E-state index < -0.39 is 39.7 Å². The van der Waals surface area contributed by atoms with Gasteiger partial charge in [0.2, 0.25) is 0 Å². The van der Waals surface area contributed by atoms with Gasteiger partial charge in [-0.05, 0) is 31.1 Å². The van der Waals surface area contributed by atoms with E-state index in [4.69, 9.17) is 14.6 Å². The summed E-state index contributed by atoms with van der Waals surface area (Å²) in [6.45, 7) is 10.5. The summed E-state index contributed by atoms with van der Waals surface area (Å²) >= 11 is 0. The van der Waals surface area contributed by atoms with Crippen LogP contribution >= 0.6 is 0 Å². The van der Waals surface area contributed by atoms with Gasteiger partial charge in [-0.2, -0.15) is 8.42 Å². The summed E-state index contributed by atoms with van der Waals surface area (Å²) in [6.07, 6.45) is 15.4. The molecule has 0 aromatic carbocycles. The molecule has 0 saturated carbocycles. The van der Waals surface area contributed by atoms with Crippen molar-refractivity contribution in [3.05, 3.63) is 0 Å². The van der Waals surface area contributed by atoms with Crippen LogP contribution in [0.15, 0.2) is 0 Å². The Hall–Kier alpha value is -0.680. The Morgan fingerprint density at radius 1 is 0.683 bits per heavy atom. The van der Waals surface area contributed by atoms with Crippen LogP contribution in [0.5, 0.6) is 0 Å². The van der Waals surface area contributed by atoms with Gasteiger partial charge in [0, 0.05) is 6.42 Å². The fourth-order valence-corrected chi connectivity index (χ4v) is 4.71. The molecule has 11 heteroatoms. The molecule has 0 aromatic heterocycles. The number of rotatable bonds is 24. The van der Waals surface area contributed by atoms with Crippen LogP contribution in [-0.2, 0) is 34.0 Å². The number of ether oxygens (including phenoxy) is 2. The normalized spacial score (nSPS) is 13.1. The van der Waals surface area contributed by atoms with Gasteiger partial charge in [0.1, 0.15) is 0 Å². The van der Waals surface area contributed by atoms with Crippen molar-refractivity contribution in [2.75, 3.05) is 13.2 Å². The second-order valence-corrected chi connectivity index (χ2v) is 12.2. The molecule has 0 spiro atoms. The monoisotopic (exact) mass is 618 g/mol. The van der Waals surface area contributed by atoms with E-state index in [-0.39, 0.29) is 54.6 Å². The first-order valence-electron chi connectivity index (χ1n) is 15.5. The maximum atomic E-state index is 12.2. The average molecular weight is 619 g/mol. The van der Waals surface area contributed by atoms with E-state index in [2.05, 4.69) is 20.8 Å². The molecule has 0 amide bonds. The quantitative estimate of drug-likeness (QED) is 0.0521.